The first-order valence-electron chi connectivity index (χ1n) is 6.36. The lowest BCUT2D eigenvalue weighted by atomic mass is 10.1. The first kappa shape index (κ1) is 14.3. The van der Waals surface area contributed by atoms with Crippen LogP contribution in [0.4, 0.5) is 4.39 Å². The number of benzene rings is 2. The molecule has 0 saturated carbocycles. The van der Waals surface area contributed by atoms with Crippen LogP contribution in [0.25, 0.3) is 10.1 Å². The van der Waals surface area contributed by atoms with Crippen molar-refractivity contribution in [2.24, 2.45) is 5.73 Å². The van der Waals surface area contributed by atoms with Crippen molar-refractivity contribution in [1.82, 2.24) is 0 Å². The van der Waals surface area contributed by atoms with Gasteiger partial charge in [-0.25, -0.2) is 4.39 Å². The average Bonchev–Trinajstić information content (AvgIpc) is 2.89. The highest BCUT2D eigenvalue weighted by Gasteiger charge is 2.16. The maximum atomic E-state index is 13.3. The predicted molar refractivity (Wildman–Crippen MR) is 85.8 cm³/mol. The van der Waals surface area contributed by atoms with Gasteiger partial charge in [-0.15, -0.1) is 11.3 Å². The molecule has 0 fully saturated rings. The average molecular weight is 322 g/mol. The molecule has 0 aliphatic rings. The second kappa shape index (κ2) is 5.64. The molecule has 0 amide bonds. The molecule has 0 spiro atoms. The van der Waals surface area contributed by atoms with E-state index in [0.29, 0.717) is 10.8 Å². The Morgan fingerprint density at radius 2 is 2.00 bits per heavy atom. The molecular weight excluding hydrogens is 309 g/mol. The number of hydrogen-bond donors (Lipinski definition) is 1. The number of methoxy groups -OCH3 is 1. The molecule has 0 aliphatic heterocycles. The highest BCUT2D eigenvalue weighted by molar-refractivity contribution is 7.19. The van der Waals surface area contributed by atoms with Crippen LogP contribution in [-0.2, 0) is 0 Å². The van der Waals surface area contributed by atoms with Crippen molar-refractivity contribution in [3.05, 3.63) is 63.7 Å². The Hall–Kier alpha value is -1.62. The van der Waals surface area contributed by atoms with E-state index in [-0.39, 0.29) is 11.9 Å². The van der Waals surface area contributed by atoms with Gasteiger partial charge in [0.25, 0.3) is 0 Å². The van der Waals surface area contributed by atoms with Crippen LogP contribution in [0.3, 0.4) is 0 Å². The molecule has 2 aromatic carbocycles. The maximum absolute atomic E-state index is 13.3. The van der Waals surface area contributed by atoms with E-state index in [2.05, 4.69) is 0 Å². The summed E-state index contributed by atoms with van der Waals surface area (Å²) in [6, 6.07) is 11.8. The Kier molecular flexibility index (Phi) is 3.85. The fourth-order valence-electron chi connectivity index (χ4n) is 2.22. The molecule has 0 bridgehead atoms. The molecule has 0 saturated heterocycles. The van der Waals surface area contributed by atoms with Crippen LogP contribution in [0.2, 0.25) is 5.02 Å². The van der Waals surface area contributed by atoms with Crippen LogP contribution in [-0.4, -0.2) is 7.11 Å². The number of nitrogens with two attached hydrogens (primary N) is 1. The summed E-state index contributed by atoms with van der Waals surface area (Å²) in [5, 5.41) is 1.54. The van der Waals surface area contributed by atoms with Crippen molar-refractivity contribution < 1.29 is 9.13 Å². The Morgan fingerprint density at radius 3 is 2.71 bits per heavy atom. The molecule has 1 unspecified atom stereocenters. The van der Waals surface area contributed by atoms with Crippen LogP contribution >= 0.6 is 22.9 Å². The normalized spacial score (nSPS) is 12.6. The van der Waals surface area contributed by atoms with Gasteiger partial charge in [0, 0.05) is 14.6 Å². The van der Waals surface area contributed by atoms with Crippen molar-refractivity contribution >= 4 is 33.0 Å². The van der Waals surface area contributed by atoms with Gasteiger partial charge in [0.2, 0.25) is 0 Å². The van der Waals surface area contributed by atoms with E-state index in [0.717, 1.165) is 20.5 Å². The van der Waals surface area contributed by atoms with E-state index >= 15 is 0 Å². The Balaban J connectivity index is 2.01. The van der Waals surface area contributed by atoms with Crippen LogP contribution < -0.4 is 10.5 Å². The number of ether oxygens (including phenoxy) is 1. The summed E-state index contributed by atoms with van der Waals surface area (Å²) in [6.45, 7) is 0. The molecule has 108 valence electrons. The highest BCUT2D eigenvalue weighted by Crippen LogP contribution is 2.35. The quantitative estimate of drug-likeness (QED) is 0.755. The molecule has 0 aliphatic carbocycles. The molecule has 1 aromatic heterocycles. The Morgan fingerprint density at radius 1 is 1.19 bits per heavy atom. The third kappa shape index (κ3) is 2.75. The van der Waals surface area contributed by atoms with Gasteiger partial charge in [0.15, 0.2) is 0 Å². The van der Waals surface area contributed by atoms with Crippen LogP contribution in [0.5, 0.6) is 5.75 Å². The van der Waals surface area contributed by atoms with Gasteiger partial charge in [-0.1, -0.05) is 23.7 Å². The van der Waals surface area contributed by atoms with Crippen molar-refractivity contribution in [2.75, 3.05) is 7.11 Å². The second-order valence-electron chi connectivity index (χ2n) is 4.70. The molecule has 1 heterocycles. The minimum absolute atomic E-state index is 0.244. The summed E-state index contributed by atoms with van der Waals surface area (Å²) in [5.74, 6) is 0.446. The minimum Gasteiger partial charge on any atom is -0.497 e. The predicted octanol–water partition coefficient (Wildman–Crippen LogP) is 4.75. The summed E-state index contributed by atoms with van der Waals surface area (Å²) in [7, 11) is 1.59. The van der Waals surface area contributed by atoms with Crippen molar-refractivity contribution in [3.8, 4) is 5.75 Å². The fraction of sp³-hybridized carbons (Fsp3) is 0.125. The largest absolute Gasteiger partial charge is 0.497 e. The van der Waals surface area contributed by atoms with Gasteiger partial charge in [-0.2, -0.15) is 0 Å². The zero-order chi connectivity index (χ0) is 15.0. The van der Waals surface area contributed by atoms with Gasteiger partial charge in [-0.05, 0) is 41.3 Å². The standard InChI is InChI=1S/C16H13ClFNOS/c1-20-11-4-5-12(13(17)8-11)16(19)15-6-9-2-3-10(18)7-14(9)21-15/h2-8,16H,19H2,1H3. The lowest BCUT2D eigenvalue weighted by molar-refractivity contribution is 0.414. The summed E-state index contributed by atoms with van der Waals surface area (Å²) in [4.78, 5) is 0.947. The molecule has 2 nitrogen and oxygen atoms in total. The highest BCUT2D eigenvalue weighted by atomic mass is 35.5. The van der Waals surface area contributed by atoms with E-state index in [4.69, 9.17) is 22.1 Å². The van der Waals surface area contributed by atoms with Gasteiger partial charge in [0.1, 0.15) is 11.6 Å². The second-order valence-corrected chi connectivity index (χ2v) is 6.22. The van der Waals surface area contributed by atoms with Crippen molar-refractivity contribution in [3.63, 3.8) is 0 Å². The van der Waals surface area contributed by atoms with Gasteiger partial charge in [0.05, 0.1) is 13.2 Å². The van der Waals surface area contributed by atoms with E-state index in [9.17, 15) is 4.39 Å². The molecule has 1 atom stereocenters. The number of rotatable bonds is 3. The summed E-state index contributed by atoms with van der Waals surface area (Å²) in [6.07, 6.45) is 0. The third-order valence-corrected chi connectivity index (χ3v) is 4.86. The molecule has 5 heteroatoms. The minimum atomic E-state index is -0.344. The number of halogens is 2. The van der Waals surface area contributed by atoms with Gasteiger partial charge < -0.3 is 10.5 Å². The van der Waals surface area contributed by atoms with Gasteiger partial charge in [-0.3, -0.25) is 0 Å². The number of thiophene rings is 1. The number of fused-ring (bicyclic) bond motifs is 1. The smallest absolute Gasteiger partial charge is 0.124 e. The van der Waals surface area contributed by atoms with E-state index in [1.807, 2.05) is 18.2 Å². The molecule has 3 rings (SSSR count). The van der Waals surface area contributed by atoms with E-state index in [1.165, 1.54) is 23.5 Å². The lowest BCUT2D eigenvalue weighted by Gasteiger charge is -2.12. The lowest BCUT2D eigenvalue weighted by Crippen LogP contribution is -2.10. The van der Waals surface area contributed by atoms with Crippen molar-refractivity contribution in [2.45, 2.75) is 6.04 Å². The van der Waals surface area contributed by atoms with Crippen LogP contribution in [0.1, 0.15) is 16.5 Å². The summed E-state index contributed by atoms with van der Waals surface area (Å²) >= 11 is 7.74. The monoisotopic (exact) mass is 321 g/mol. The van der Waals surface area contributed by atoms with Crippen LogP contribution in [0.15, 0.2) is 42.5 Å². The van der Waals surface area contributed by atoms with E-state index < -0.39 is 0 Å². The molecule has 21 heavy (non-hydrogen) atoms. The molecular formula is C16H13ClFNOS. The van der Waals surface area contributed by atoms with Crippen LogP contribution in [0, 0.1) is 5.82 Å². The molecule has 0 radical (unpaired) electrons. The third-order valence-electron chi connectivity index (χ3n) is 3.35. The molecule has 2 N–H and O–H groups in total. The summed E-state index contributed by atoms with van der Waals surface area (Å²) < 4.78 is 19.3. The summed E-state index contributed by atoms with van der Waals surface area (Å²) in [5.41, 5.74) is 7.13. The topological polar surface area (TPSA) is 35.2 Å². The Labute approximate surface area is 130 Å². The Bertz CT molecular complexity index is 802. The zero-order valence-corrected chi connectivity index (χ0v) is 12.8. The fourth-order valence-corrected chi connectivity index (χ4v) is 3.62. The van der Waals surface area contributed by atoms with Crippen molar-refractivity contribution in [1.29, 1.82) is 0 Å². The first-order valence-corrected chi connectivity index (χ1v) is 7.56. The SMILES string of the molecule is COc1ccc(C(N)c2cc3ccc(F)cc3s2)c(Cl)c1. The van der Waals surface area contributed by atoms with E-state index in [1.54, 1.807) is 19.2 Å². The number of hydrogen-bond acceptors (Lipinski definition) is 3. The first-order chi connectivity index (χ1) is 10.1. The molecule has 3 aromatic rings. The maximum Gasteiger partial charge on any atom is 0.124 e. The zero-order valence-electron chi connectivity index (χ0n) is 11.3. The van der Waals surface area contributed by atoms with Gasteiger partial charge >= 0.3 is 0 Å².